The van der Waals surface area contributed by atoms with Gasteiger partial charge in [0.25, 0.3) is 5.56 Å². The fourth-order valence-electron chi connectivity index (χ4n) is 2.94. The molecule has 0 bridgehead atoms. The van der Waals surface area contributed by atoms with Gasteiger partial charge in [0, 0.05) is 16.7 Å². The third kappa shape index (κ3) is 4.58. The average Bonchev–Trinajstić information content (AvgIpc) is 2.76. The summed E-state index contributed by atoms with van der Waals surface area (Å²) in [5.41, 5.74) is 1.92. The molecule has 0 saturated carbocycles. The van der Waals surface area contributed by atoms with Crippen molar-refractivity contribution in [3.63, 3.8) is 0 Å². The van der Waals surface area contributed by atoms with Gasteiger partial charge in [-0.05, 0) is 42.0 Å². The normalized spacial score (nSPS) is 10.7. The van der Waals surface area contributed by atoms with Gasteiger partial charge in [0.2, 0.25) is 0 Å². The predicted octanol–water partition coefficient (Wildman–Crippen LogP) is 4.39. The van der Waals surface area contributed by atoms with Crippen molar-refractivity contribution in [2.24, 2.45) is 0 Å². The number of pyridine rings is 1. The van der Waals surface area contributed by atoms with Crippen molar-refractivity contribution in [3.05, 3.63) is 111 Å². The molecular weight excluding hydrogens is 448 g/mol. The van der Waals surface area contributed by atoms with Crippen molar-refractivity contribution in [1.82, 2.24) is 9.38 Å². The third-order valence-corrected chi connectivity index (χ3v) is 4.86. The van der Waals surface area contributed by atoms with Crippen LogP contribution < -0.4 is 10.3 Å². The Labute approximate surface area is 180 Å². The molecule has 150 valence electrons. The number of esters is 1. The number of benzene rings is 2. The van der Waals surface area contributed by atoms with E-state index < -0.39 is 5.97 Å². The SMILES string of the molecule is O=C(OCc1cc(=O)n2ccccc2n1)c1ccccc1OCc1cccc(Br)c1. The maximum atomic E-state index is 12.6. The highest BCUT2D eigenvalue weighted by Crippen LogP contribution is 2.21. The van der Waals surface area contributed by atoms with Crippen molar-refractivity contribution in [3.8, 4) is 5.75 Å². The Balaban J connectivity index is 1.47. The summed E-state index contributed by atoms with van der Waals surface area (Å²) < 4.78 is 13.6. The minimum Gasteiger partial charge on any atom is -0.488 e. The second-order valence-electron chi connectivity index (χ2n) is 6.51. The molecule has 0 saturated heterocycles. The second-order valence-corrected chi connectivity index (χ2v) is 7.42. The number of fused-ring (bicyclic) bond motifs is 1. The number of ether oxygens (including phenoxy) is 2. The summed E-state index contributed by atoms with van der Waals surface area (Å²) >= 11 is 3.43. The molecule has 0 fully saturated rings. The summed E-state index contributed by atoms with van der Waals surface area (Å²) in [5.74, 6) is -0.121. The van der Waals surface area contributed by atoms with Gasteiger partial charge in [0.05, 0.1) is 5.69 Å². The predicted molar refractivity (Wildman–Crippen MR) is 115 cm³/mol. The molecule has 0 amide bonds. The first kappa shape index (κ1) is 19.8. The van der Waals surface area contributed by atoms with Gasteiger partial charge in [-0.3, -0.25) is 9.20 Å². The van der Waals surface area contributed by atoms with E-state index in [9.17, 15) is 9.59 Å². The standard InChI is InChI=1S/C23H17BrN2O4/c24-17-7-5-6-16(12-17)14-29-20-9-2-1-8-19(20)23(28)30-15-18-13-22(27)26-11-4-3-10-21(26)25-18/h1-13H,14-15H2. The second kappa shape index (κ2) is 8.92. The summed E-state index contributed by atoms with van der Waals surface area (Å²) in [6, 6.07) is 21.2. The summed E-state index contributed by atoms with van der Waals surface area (Å²) in [6.07, 6.45) is 1.64. The van der Waals surface area contributed by atoms with Crippen molar-refractivity contribution in [2.75, 3.05) is 0 Å². The fourth-order valence-corrected chi connectivity index (χ4v) is 3.39. The summed E-state index contributed by atoms with van der Waals surface area (Å²) in [6.45, 7) is 0.201. The van der Waals surface area contributed by atoms with E-state index in [2.05, 4.69) is 20.9 Å². The van der Waals surface area contributed by atoms with Crippen LogP contribution in [0.3, 0.4) is 0 Å². The van der Waals surface area contributed by atoms with E-state index in [1.807, 2.05) is 24.3 Å². The largest absolute Gasteiger partial charge is 0.488 e. The van der Waals surface area contributed by atoms with E-state index in [-0.39, 0.29) is 12.2 Å². The molecular formula is C23H17BrN2O4. The molecule has 0 aliphatic rings. The molecule has 0 radical (unpaired) electrons. The Bertz CT molecular complexity index is 1270. The molecule has 2 aromatic carbocycles. The number of rotatable bonds is 6. The summed E-state index contributed by atoms with van der Waals surface area (Å²) in [4.78, 5) is 29.2. The quantitative estimate of drug-likeness (QED) is 0.395. The molecule has 0 N–H and O–H groups in total. The Morgan fingerprint density at radius 2 is 1.80 bits per heavy atom. The Hall–Kier alpha value is -3.45. The Kier molecular flexibility index (Phi) is 5.90. The van der Waals surface area contributed by atoms with Crippen LogP contribution in [0.15, 0.2) is 88.3 Å². The molecule has 2 aromatic heterocycles. The first-order valence-corrected chi connectivity index (χ1v) is 10.0. The number of hydrogen-bond acceptors (Lipinski definition) is 5. The van der Waals surface area contributed by atoms with Crippen LogP contribution in [0.5, 0.6) is 5.75 Å². The van der Waals surface area contributed by atoms with Crippen LogP contribution in [-0.2, 0) is 18.0 Å². The van der Waals surface area contributed by atoms with Crippen molar-refractivity contribution < 1.29 is 14.3 Å². The molecule has 4 aromatic rings. The lowest BCUT2D eigenvalue weighted by atomic mass is 10.2. The zero-order valence-corrected chi connectivity index (χ0v) is 17.4. The van der Waals surface area contributed by atoms with Gasteiger partial charge < -0.3 is 9.47 Å². The third-order valence-electron chi connectivity index (χ3n) is 4.37. The van der Waals surface area contributed by atoms with Crippen LogP contribution in [0.1, 0.15) is 21.6 Å². The molecule has 0 spiro atoms. The molecule has 0 aliphatic carbocycles. The van der Waals surface area contributed by atoms with E-state index in [1.165, 1.54) is 10.5 Å². The highest BCUT2D eigenvalue weighted by Gasteiger charge is 2.15. The molecule has 0 unspecified atom stereocenters. The summed E-state index contributed by atoms with van der Waals surface area (Å²) in [5, 5.41) is 0. The van der Waals surface area contributed by atoms with Crippen molar-refractivity contribution >= 4 is 27.5 Å². The maximum Gasteiger partial charge on any atom is 0.342 e. The van der Waals surface area contributed by atoms with Gasteiger partial charge in [-0.2, -0.15) is 0 Å². The first-order valence-electron chi connectivity index (χ1n) is 9.21. The smallest absolute Gasteiger partial charge is 0.342 e. The number of carbonyl (C=O) groups is 1. The summed E-state index contributed by atoms with van der Waals surface area (Å²) in [7, 11) is 0. The number of carbonyl (C=O) groups excluding carboxylic acids is 1. The molecule has 30 heavy (non-hydrogen) atoms. The lowest BCUT2D eigenvalue weighted by Crippen LogP contribution is -2.16. The number of halogens is 1. The Morgan fingerprint density at radius 3 is 2.67 bits per heavy atom. The number of hydrogen-bond donors (Lipinski definition) is 0. The van der Waals surface area contributed by atoms with E-state index in [4.69, 9.17) is 9.47 Å². The van der Waals surface area contributed by atoms with Gasteiger partial charge in [0.15, 0.2) is 0 Å². The van der Waals surface area contributed by atoms with Crippen LogP contribution in [0, 0.1) is 0 Å². The van der Waals surface area contributed by atoms with Crippen molar-refractivity contribution in [2.45, 2.75) is 13.2 Å². The molecule has 7 heteroatoms. The zero-order valence-electron chi connectivity index (χ0n) is 15.8. The van der Waals surface area contributed by atoms with Crippen LogP contribution in [-0.4, -0.2) is 15.4 Å². The molecule has 4 rings (SSSR count). The topological polar surface area (TPSA) is 69.9 Å². The first-order chi connectivity index (χ1) is 14.6. The zero-order chi connectivity index (χ0) is 20.9. The maximum absolute atomic E-state index is 12.6. The van der Waals surface area contributed by atoms with Gasteiger partial charge in [0.1, 0.15) is 30.2 Å². The lowest BCUT2D eigenvalue weighted by molar-refractivity contribution is 0.0462. The van der Waals surface area contributed by atoms with E-state index in [0.717, 1.165) is 10.0 Å². The van der Waals surface area contributed by atoms with Gasteiger partial charge >= 0.3 is 5.97 Å². The van der Waals surface area contributed by atoms with Gasteiger partial charge in [-0.1, -0.05) is 46.3 Å². The van der Waals surface area contributed by atoms with Crippen LogP contribution in [0.2, 0.25) is 0 Å². The molecule has 0 atom stereocenters. The van der Waals surface area contributed by atoms with Crippen LogP contribution >= 0.6 is 15.9 Å². The molecule has 2 heterocycles. The Morgan fingerprint density at radius 1 is 0.967 bits per heavy atom. The van der Waals surface area contributed by atoms with E-state index in [0.29, 0.717) is 29.3 Å². The van der Waals surface area contributed by atoms with Gasteiger partial charge in [-0.25, -0.2) is 9.78 Å². The minimum absolute atomic E-state index is 0.112. The minimum atomic E-state index is -0.546. The average molecular weight is 465 g/mol. The molecule has 6 nitrogen and oxygen atoms in total. The van der Waals surface area contributed by atoms with E-state index in [1.54, 1.807) is 48.7 Å². The monoisotopic (exact) mass is 464 g/mol. The van der Waals surface area contributed by atoms with Crippen LogP contribution in [0.4, 0.5) is 0 Å². The van der Waals surface area contributed by atoms with Gasteiger partial charge in [-0.15, -0.1) is 0 Å². The van der Waals surface area contributed by atoms with Crippen LogP contribution in [0.25, 0.3) is 5.65 Å². The lowest BCUT2D eigenvalue weighted by Gasteiger charge is -2.11. The van der Waals surface area contributed by atoms with Crippen molar-refractivity contribution in [1.29, 1.82) is 0 Å². The highest BCUT2D eigenvalue weighted by atomic mass is 79.9. The number of aromatic nitrogens is 2. The highest BCUT2D eigenvalue weighted by molar-refractivity contribution is 9.10. The molecule has 0 aliphatic heterocycles. The fraction of sp³-hybridized carbons (Fsp3) is 0.0870. The van der Waals surface area contributed by atoms with E-state index >= 15 is 0 Å². The number of para-hydroxylation sites is 1. The number of nitrogens with zero attached hydrogens (tertiary/aromatic N) is 2.